The van der Waals surface area contributed by atoms with Crippen LogP contribution in [0.3, 0.4) is 0 Å². The smallest absolute Gasteiger partial charge is 0.266 e. The molecule has 1 aliphatic rings. The number of nitrogens with zero attached hydrogens (tertiary/aromatic N) is 2. The van der Waals surface area contributed by atoms with Crippen LogP contribution in [0.5, 0.6) is 0 Å². The predicted molar refractivity (Wildman–Crippen MR) is 69.8 cm³/mol. The van der Waals surface area contributed by atoms with E-state index in [0.717, 1.165) is 31.7 Å². The molecule has 1 aliphatic heterocycles. The minimum atomic E-state index is -0.0786. The lowest BCUT2D eigenvalue weighted by atomic mass is 10.1. The summed E-state index contributed by atoms with van der Waals surface area (Å²) in [6.07, 6.45) is 3.84. The van der Waals surface area contributed by atoms with Crippen molar-refractivity contribution in [1.82, 2.24) is 9.97 Å². The monoisotopic (exact) mass is 335 g/mol. The van der Waals surface area contributed by atoms with E-state index in [1.165, 1.54) is 6.33 Å². The highest BCUT2D eigenvalue weighted by Gasteiger charge is 2.22. The summed E-state index contributed by atoms with van der Waals surface area (Å²) in [4.78, 5) is 20.4. The van der Waals surface area contributed by atoms with Crippen LogP contribution in [0.1, 0.15) is 12.8 Å². The molecule has 0 saturated carbocycles. The van der Waals surface area contributed by atoms with E-state index in [0.29, 0.717) is 3.57 Å². The first-order chi connectivity index (χ1) is 7.72. The van der Waals surface area contributed by atoms with Crippen LogP contribution in [-0.2, 0) is 4.74 Å². The van der Waals surface area contributed by atoms with E-state index in [1.54, 1.807) is 7.11 Å². The lowest BCUT2D eigenvalue weighted by Crippen LogP contribution is -2.40. The Kier molecular flexibility index (Phi) is 3.80. The van der Waals surface area contributed by atoms with Crippen LogP contribution in [0.15, 0.2) is 11.1 Å². The molecular formula is C10H14IN3O2. The van der Waals surface area contributed by atoms with Gasteiger partial charge in [0.15, 0.2) is 0 Å². The Balaban J connectivity index is 2.23. The number of hydrogen-bond donors (Lipinski definition) is 1. The number of hydrogen-bond acceptors (Lipinski definition) is 4. The molecule has 88 valence electrons. The standard InChI is InChI=1S/C10H14IN3O2/c1-16-7-3-2-4-14(5-7)9-8(11)10(15)13-6-12-9/h6-7H,2-5H2,1H3,(H,12,13,15). The minimum Gasteiger partial charge on any atom is -0.380 e. The van der Waals surface area contributed by atoms with Crippen molar-refractivity contribution in [3.63, 3.8) is 0 Å². The molecule has 1 N–H and O–H groups in total. The second-order valence-electron chi connectivity index (χ2n) is 3.82. The van der Waals surface area contributed by atoms with Gasteiger partial charge in [0, 0.05) is 20.2 Å². The molecule has 5 nitrogen and oxygen atoms in total. The first kappa shape index (κ1) is 11.8. The summed E-state index contributed by atoms with van der Waals surface area (Å²) in [7, 11) is 1.73. The molecular weight excluding hydrogens is 321 g/mol. The summed E-state index contributed by atoms with van der Waals surface area (Å²) < 4.78 is 6.01. The topological polar surface area (TPSA) is 58.2 Å². The van der Waals surface area contributed by atoms with E-state index in [9.17, 15) is 4.79 Å². The summed E-state index contributed by atoms with van der Waals surface area (Å²) in [5.74, 6) is 0.770. The molecule has 1 atom stereocenters. The Morgan fingerprint density at radius 2 is 2.50 bits per heavy atom. The Morgan fingerprint density at radius 1 is 1.69 bits per heavy atom. The van der Waals surface area contributed by atoms with Crippen molar-refractivity contribution >= 4 is 28.4 Å². The van der Waals surface area contributed by atoms with Gasteiger partial charge in [0.1, 0.15) is 9.39 Å². The van der Waals surface area contributed by atoms with E-state index in [1.807, 2.05) is 22.6 Å². The third-order valence-electron chi connectivity index (χ3n) is 2.79. The number of nitrogens with one attached hydrogen (secondary N) is 1. The third kappa shape index (κ3) is 2.37. The van der Waals surface area contributed by atoms with Gasteiger partial charge in [0.25, 0.3) is 5.56 Å². The van der Waals surface area contributed by atoms with Gasteiger partial charge in [0.2, 0.25) is 0 Å². The molecule has 6 heteroatoms. The average Bonchev–Trinajstić information content (AvgIpc) is 2.33. The van der Waals surface area contributed by atoms with E-state index < -0.39 is 0 Å². The van der Waals surface area contributed by atoms with Gasteiger partial charge in [-0.1, -0.05) is 0 Å². The molecule has 16 heavy (non-hydrogen) atoms. The summed E-state index contributed by atoms with van der Waals surface area (Å²) >= 11 is 2.04. The van der Waals surface area contributed by atoms with Crippen LogP contribution >= 0.6 is 22.6 Å². The van der Waals surface area contributed by atoms with Gasteiger partial charge in [-0.25, -0.2) is 4.98 Å². The van der Waals surface area contributed by atoms with Crippen molar-refractivity contribution in [1.29, 1.82) is 0 Å². The van der Waals surface area contributed by atoms with Crippen molar-refractivity contribution in [3.05, 3.63) is 20.3 Å². The summed E-state index contributed by atoms with van der Waals surface area (Å²) in [6.45, 7) is 1.75. The van der Waals surface area contributed by atoms with Gasteiger partial charge >= 0.3 is 0 Å². The zero-order valence-electron chi connectivity index (χ0n) is 9.07. The Morgan fingerprint density at radius 3 is 3.25 bits per heavy atom. The Bertz CT molecular complexity index is 421. The molecule has 1 saturated heterocycles. The molecule has 1 unspecified atom stereocenters. The van der Waals surface area contributed by atoms with Gasteiger partial charge in [0.05, 0.1) is 12.4 Å². The van der Waals surface area contributed by atoms with E-state index in [-0.39, 0.29) is 11.7 Å². The number of aromatic amines is 1. The molecule has 0 bridgehead atoms. The number of H-pyrrole nitrogens is 1. The second kappa shape index (κ2) is 5.13. The van der Waals surface area contributed by atoms with Crippen molar-refractivity contribution in [2.75, 3.05) is 25.1 Å². The number of anilines is 1. The Labute approximate surface area is 107 Å². The molecule has 2 rings (SSSR count). The summed E-state index contributed by atoms with van der Waals surface area (Å²) in [5.41, 5.74) is -0.0786. The number of rotatable bonds is 2. The van der Waals surface area contributed by atoms with Crippen molar-refractivity contribution in [2.45, 2.75) is 18.9 Å². The number of ether oxygens (including phenoxy) is 1. The minimum absolute atomic E-state index is 0.0786. The quantitative estimate of drug-likeness (QED) is 0.819. The molecule has 1 aromatic heterocycles. The van der Waals surface area contributed by atoms with Gasteiger partial charge in [-0.2, -0.15) is 0 Å². The van der Waals surface area contributed by atoms with Crippen LogP contribution in [0.2, 0.25) is 0 Å². The lowest BCUT2D eigenvalue weighted by molar-refractivity contribution is 0.0891. The fraction of sp³-hybridized carbons (Fsp3) is 0.600. The van der Waals surface area contributed by atoms with E-state index >= 15 is 0 Å². The number of halogens is 1. The van der Waals surface area contributed by atoms with Gasteiger partial charge in [-0.05, 0) is 35.4 Å². The molecule has 0 aliphatic carbocycles. The zero-order chi connectivity index (χ0) is 11.5. The van der Waals surface area contributed by atoms with Crippen molar-refractivity contribution < 1.29 is 4.74 Å². The molecule has 0 spiro atoms. The van der Waals surface area contributed by atoms with E-state index in [2.05, 4.69) is 14.9 Å². The lowest BCUT2D eigenvalue weighted by Gasteiger charge is -2.32. The molecule has 2 heterocycles. The van der Waals surface area contributed by atoms with Gasteiger partial charge < -0.3 is 14.6 Å². The molecule has 1 fully saturated rings. The van der Waals surface area contributed by atoms with Crippen LogP contribution in [-0.4, -0.2) is 36.3 Å². The predicted octanol–water partition coefficient (Wildman–Crippen LogP) is 0.990. The summed E-state index contributed by atoms with van der Waals surface area (Å²) in [5, 5.41) is 0. The van der Waals surface area contributed by atoms with Crippen molar-refractivity contribution in [3.8, 4) is 0 Å². The maximum absolute atomic E-state index is 11.5. The first-order valence-corrected chi connectivity index (χ1v) is 6.31. The molecule has 1 aromatic rings. The number of methoxy groups -OCH3 is 1. The van der Waals surface area contributed by atoms with Crippen LogP contribution in [0.25, 0.3) is 0 Å². The van der Waals surface area contributed by atoms with Gasteiger partial charge in [-0.15, -0.1) is 0 Å². The highest BCUT2D eigenvalue weighted by atomic mass is 127. The molecule has 0 aromatic carbocycles. The third-order valence-corrected chi connectivity index (χ3v) is 3.76. The maximum atomic E-state index is 11.5. The number of aromatic nitrogens is 2. The highest BCUT2D eigenvalue weighted by Crippen LogP contribution is 2.21. The highest BCUT2D eigenvalue weighted by molar-refractivity contribution is 14.1. The maximum Gasteiger partial charge on any atom is 0.266 e. The Hall–Kier alpha value is -0.630. The van der Waals surface area contributed by atoms with Crippen LogP contribution in [0, 0.1) is 3.57 Å². The number of piperidine rings is 1. The van der Waals surface area contributed by atoms with E-state index in [4.69, 9.17) is 4.74 Å². The fourth-order valence-electron chi connectivity index (χ4n) is 1.92. The second-order valence-corrected chi connectivity index (χ2v) is 4.89. The fourth-order valence-corrected chi connectivity index (χ4v) is 2.55. The zero-order valence-corrected chi connectivity index (χ0v) is 11.2. The summed E-state index contributed by atoms with van der Waals surface area (Å²) in [6, 6.07) is 0. The molecule has 0 amide bonds. The van der Waals surface area contributed by atoms with Crippen LogP contribution in [0.4, 0.5) is 5.82 Å². The first-order valence-electron chi connectivity index (χ1n) is 5.23. The van der Waals surface area contributed by atoms with Crippen molar-refractivity contribution in [2.24, 2.45) is 0 Å². The largest absolute Gasteiger partial charge is 0.380 e. The molecule has 0 radical (unpaired) electrons. The SMILES string of the molecule is COC1CCCN(c2nc[nH]c(=O)c2I)C1. The van der Waals surface area contributed by atoms with Crippen LogP contribution < -0.4 is 10.5 Å². The average molecular weight is 335 g/mol. The normalized spacial score (nSPS) is 21.1. The van der Waals surface area contributed by atoms with Gasteiger partial charge in [-0.3, -0.25) is 4.79 Å².